The van der Waals surface area contributed by atoms with Crippen molar-refractivity contribution in [1.29, 1.82) is 0 Å². The van der Waals surface area contributed by atoms with E-state index in [2.05, 4.69) is 28.7 Å². The van der Waals surface area contributed by atoms with E-state index in [0.29, 0.717) is 5.22 Å². The van der Waals surface area contributed by atoms with Crippen LogP contribution in [0.15, 0.2) is 29.1 Å². The minimum atomic E-state index is -0.0221. The standard InChI is InChI=1S/C13H18ClN3O/c1-3-6-15-11(10-5-9-18-12(10)14)13-16-7-8-17(13)4-2/h5,7-9,11,15H,3-4,6H2,1-2H3. The molecule has 2 rings (SSSR count). The van der Waals surface area contributed by atoms with E-state index in [1.165, 1.54) is 0 Å². The van der Waals surface area contributed by atoms with Gasteiger partial charge in [-0.3, -0.25) is 0 Å². The minimum Gasteiger partial charge on any atom is -0.453 e. The summed E-state index contributed by atoms with van der Waals surface area (Å²) in [7, 11) is 0. The van der Waals surface area contributed by atoms with Gasteiger partial charge in [0.2, 0.25) is 0 Å². The summed E-state index contributed by atoms with van der Waals surface area (Å²) < 4.78 is 7.29. The molecule has 4 nitrogen and oxygen atoms in total. The van der Waals surface area contributed by atoms with E-state index in [4.69, 9.17) is 16.0 Å². The van der Waals surface area contributed by atoms with Crippen LogP contribution in [0.3, 0.4) is 0 Å². The molecule has 0 bridgehead atoms. The van der Waals surface area contributed by atoms with Crippen LogP contribution in [0.1, 0.15) is 37.7 Å². The van der Waals surface area contributed by atoms with Crippen LogP contribution in [0.5, 0.6) is 0 Å². The summed E-state index contributed by atoms with van der Waals surface area (Å²) in [5.41, 5.74) is 0.936. The van der Waals surface area contributed by atoms with E-state index in [9.17, 15) is 0 Å². The van der Waals surface area contributed by atoms with Gasteiger partial charge in [0.1, 0.15) is 5.82 Å². The van der Waals surface area contributed by atoms with Crippen molar-refractivity contribution in [2.45, 2.75) is 32.9 Å². The van der Waals surface area contributed by atoms with Crippen LogP contribution >= 0.6 is 11.6 Å². The molecule has 1 atom stereocenters. The number of aromatic nitrogens is 2. The molecule has 0 aliphatic rings. The fourth-order valence-corrected chi connectivity index (χ4v) is 2.21. The van der Waals surface area contributed by atoms with Crippen LogP contribution in [-0.2, 0) is 6.54 Å². The van der Waals surface area contributed by atoms with Gasteiger partial charge in [0.15, 0.2) is 5.22 Å². The molecule has 0 saturated heterocycles. The quantitative estimate of drug-likeness (QED) is 0.874. The Morgan fingerprint density at radius 3 is 2.94 bits per heavy atom. The van der Waals surface area contributed by atoms with Gasteiger partial charge in [0.05, 0.1) is 12.3 Å². The smallest absolute Gasteiger partial charge is 0.198 e. The molecule has 18 heavy (non-hydrogen) atoms. The summed E-state index contributed by atoms with van der Waals surface area (Å²) in [6.07, 6.45) is 6.45. The second kappa shape index (κ2) is 6.07. The highest BCUT2D eigenvalue weighted by Crippen LogP contribution is 2.28. The van der Waals surface area contributed by atoms with E-state index in [-0.39, 0.29) is 6.04 Å². The van der Waals surface area contributed by atoms with Gasteiger partial charge in [-0.1, -0.05) is 6.92 Å². The molecule has 2 heterocycles. The highest BCUT2D eigenvalue weighted by molar-refractivity contribution is 6.29. The zero-order valence-corrected chi connectivity index (χ0v) is 11.4. The van der Waals surface area contributed by atoms with Crippen molar-refractivity contribution in [2.75, 3.05) is 6.54 Å². The summed E-state index contributed by atoms with van der Waals surface area (Å²) >= 11 is 6.08. The Labute approximate surface area is 112 Å². The molecule has 0 fully saturated rings. The number of halogens is 1. The molecular weight excluding hydrogens is 250 g/mol. The first kappa shape index (κ1) is 13.2. The average Bonchev–Trinajstić information content (AvgIpc) is 2.99. The molecule has 0 amide bonds. The van der Waals surface area contributed by atoms with Crippen LogP contribution in [0.25, 0.3) is 0 Å². The van der Waals surface area contributed by atoms with Gasteiger partial charge in [-0.2, -0.15) is 0 Å². The first-order valence-electron chi connectivity index (χ1n) is 6.25. The Morgan fingerprint density at radius 1 is 1.50 bits per heavy atom. The van der Waals surface area contributed by atoms with Crippen molar-refractivity contribution in [3.8, 4) is 0 Å². The van der Waals surface area contributed by atoms with Gasteiger partial charge < -0.3 is 14.3 Å². The third-order valence-electron chi connectivity index (χ3n) is 2.90. The van der Waals surface area contributed by atoms with Crippen LogP contribution in [0.2, 0.25) is 5.22 Å². The third kappa shape index (κ3) is 2.60. The summed E-state index contributed by atoms with van der Waals surface area (Å²) in [4.78, 5) is 4.44. The number of hydrogen-bond acceptors (Lipinski definition) is 3. The molecule has 1 unspecified atom stereocenters. The van der Waals surface area contributed by atoms with Crippen LogP contribution in [0.4, 0.5) is 0 Å². The number of imidazole rings is 1. The minimum absolute atomic E-state index is 0.0221. The lowest BCUT2D eigenvalue weighted by atomic mass is 10.1. The van der Waals surface area contributed by atoms with Crippen molar-refractivity contribution in [3.05, 3.63) is 41.3 Å². The molecule has 1 N–H and O–H groups in total. The summed E-state index contributed by atoms with van der Waals surface area (Å²) in [6, 6.07) is 1.87. The van der Waals surface area contributed by atoms with Crippen LogP contribution in [0, 0.1) is 0 Å². The molecule has 0 aliphatic heterocycles. The Morgan fingerprint density at radius 2 is 2.33 bits per heavy atom. The number of hydrogen-bond donors (Lipinski definition) is 1. The molecule has 2 aromatic rings. The van der Waals surface area contributed by atoms with E-state index in [1.54, 1.807) is 6.26 Å². The molecule has 0 spiro atoms. The zero-order chi connectivity index (χ0) is 13.0. The van der Waals surface area contributed by atoms with Crippen molar-refractivity contribution in [3.63, 3.8) is 0 Å². The van der Waals surface area contributed by atoms with E-state index >= 15 is 0 Å². The maximum Gasteiger partial charge on any atom is 0.198 e. The Bertz CT molecular complexity index is 492. The number of furan rings is 1. The highest BCUT2D eigenvalue weighted by atomic mass is 35.5. The molecule has 5 heteroatoms. The van der Waals surface area contributed by atoms with Crippen molar-refractivity contribution in [1.82, 2.24) is 14.9 Å². The number of rotatable bonds is 6. The largest absolute Gasteiger partial charge is 0.453 e. The zero-order valence-electron chi connectivity index (χ0n) is 10.7. The Hall–Kier alpha value is -1.26. The number of nitrogens with one attached hydrogen (secondary N) is 1. The lowest BCUT2D eigenvalue weighted by Gasteiger charge is -2.18. The SMILES string of the molecule is CCCNC(c1ccoc1Cl)c1nccn1CC. The monoisotopic (exact) mass is 267 g/mol. The highest BCUT2D eigenvalue weighted by Gasteiger charge is 2.22. The van der Waals surface area contributed by atoms with Crippen molar-refractivity contribution >= 4 is 11.6 Å². The lowest BCUT2D eigenvalue weighted by Crippen LogP contribution is -2.26. The Balaban J connectivity index is 2.34. The van der Waals surface area contributed by atoms with Gasteiger partial charge in [-0.05, 0) is 37.6 Å². The summed E-state index contributed by atoms with van der Waals surface area (Å²) in [5, 5.41) is 3.89. The second-order valence-electron chi connectivity index (χ2n) is 4.11. The molecule has 0 aromatic carbocycles. The maximum atomic E-state index is 6.08. The second-order valence-corrected chi connectivity index (χ2v) is 4.45. The fourth-order valence-electron chi connectivity index (χ4n) is 1.99. The molecule has 0 aliphatic carbocycles. The van der Waals surface area contributed by atoms with Gasteiger partial charge in [0, 0.05) is 24.5 Å². The van der Waals surface area contributed by atoms with Crippen LogP contribution < -0.4 is 5.32 Å². The molecular formula is C13H18ClN3O. The van der Waals surface area contributed by atoms with Crippen LogP contribution in [-0.4, -0.2) is 16.1 Å². The van der Waals surface area contributed by atoms with E-state index in [1.807, 2.05) is 18.5 Å². The first-order chi connectivity index (χ1) is 8.77. The molecule has 2 aromatic heterocycles. The normalized spacial score (nSPS) is 12.8. The van der Waals surface area contributed by atoms with Gasteiger partial charge in [-0.15, -0.1) is 0 Å². The average molecular weight is 268 g/mol. The first-order valence-corrected chi connectivity index (χ1v) is 6.63. The fraction of sp³-hybridized carbons (Fsp3) is 0.462. The van der Waals surface area contributed by atoms with Gasteiger partial charge in [0.25, 0.3) is 0 Å². The van der Waals surface area contributed by atoms with E-state index in [0.717, 1.165) is 30.9 Å². The third-order valence-corrected chi connectivity index (χ3v) is 3.21. The lowest BCUT2D eigenvalue weighted by molar-refractivity contribution is 0.524. The maximum absolute atomic E-state index is 6.08. The van der Waals surface area contributed by atoms with Gasteiger partial charge in [-0.25, -0.2) is 4.98 Å². The van der Waals surface area contributed by atoms with E-state index < -0.39 is 0 Å². The Kier molecular flexibility index (Phi) is 4.44. The summed E-state index contributed by atoms with van der Waals surface area (Å²) in [5.74, 6) is 0.967. The number of nitrogens with zero attached hydrogens (tertiary/aromatic N) is 2. The van der Waals surface area contributed by atoms with Gasteiger partial charge >= 0.3 is 0 Å². The summed E-state index contributed by atoms with van der Waals surface area (Å²) in [6.45, 7) is 6.02. The molecule has 0 saturated carbocycles. The predicted octanol–water partition coefficient (Wildman–Crippen LogP) is 3.24. The molecule has 98 valence electrons. The predicted molar refractivity (Wildman–Crippen MR) is 71.8 cm³/mol. The number of aryl methyl sites for hydroxylation is 1. The van der Waals surface area contributed by atoms with Crippen molar-refractivity contribution < 1.29 is 4.42 Å². The van der Waals surface area contributed by atoms with Crippen molar-refractivity contribution in [2.24, 2.45) is 0 Å². The molecule has 0 radical (unpaired) electrons. The topological polar surface area (TPSA) is 43.0 Å².